The molecule has 0 spiro atoms. The fourth-order valence-electron chi connectivity index (χ4n) is 4.17. The SMILES string of the molecule is COc1ccc(CN(CCCN2CCCCC2C)C(=O)Nc2cccc(Cl)c2)cc1OC. The summed E-state index contributed by atoms with van der Waals surface area (Å²) in [4.78, 5) is 17.5. The molecule has 1 atom stereocenters. The van der Waals surface area contributed by atoms with E-state index in [4.69, 9.17) is 21.1 Å². The molecule has 1 heterocycles. The van der Waals surface area contributed by atoms with Crippen molar-refractivity contribution in [1.82, 2.24) is 9.80 Å². The number of carbonyl (C=O) groups excluding carboxylic acids is 1. The van der Waals surface area contributed by atoms with E-state index in [1.165, 1.54) is 19.3 Å². The number of nitrogens with one attached hydrogen (secondary N) is 1. The van der Waals surface area contributed by atoms with Gasteiger partial charge in [0.15, 0.2) is 11.5 Å². The van der Waals surface area contributed by atoms with Crippen molar-refractivity contribution in [2.45, 2.75) is 45.2 Å². The summed E-state index contributed by atoms with van der Waals surface area (Å²) in [6.45, 7) is 5.57. The summed E-state index contributed by atoms with van der Waals surface area (Å²) in [5.41, 5.74) is 1.67. The number of carbonyl (C=O) groups is 1. The molecule has 0 bridgehead atoms. The molecular formula is C25H34ClN3O3. The Kier molecular flexibility index (Phi) is 9.06. The van der Waals surface area contributed by atoms with Gasteiger partial charge in [0.1, 0.15) is 0 Å². The maximum absolute atomic E-state index is 13.2. The molecule has 0 saturated carbocycles. The number of anilines is 1. The van der Waals surface area contributed by atoms with Gasteiger partial charge in [0.25, 0.3) is 0 Å². The van der Waals surface area contributed by atoms with E-state index < -0.39 is 0 Å². The van der Waals surface area contributed by atoms with Crippen LogP contribution in [0, 0.1) is 0 Å². The van der Waals surface area contributed by atoms with Gasteiger partial charge < -0.3 is 24.6 Å². The second kappa shape index (κ2) is 12.0. The minimum Gasteiger partial charge on any atom is -0.493 e. The van der Waals surface area contributed by atoms with Crippen molar-refractivity contribution in [2.24, 2.45) is 0 Å². The van der Waals surface area contributed by atoms with Crippen LogP contribution < -0.4 is 14.8 Å². The molecule has 3 rings (SSSR count). The molecule has 0 aliphatic carbocycles. The smallest absolute Gasteiger partial charge is 0.322 e. The number of halogens is 1. The number of hydrogen-bond donors (Lipinski definition) is 1. The molecule has 0 aromatic heterocycles. The average molecular weight is 460 g/mol. The first-order valence-corrected chi connectivity index (χ1v) is 11.6. The van der Waals surface area contributed by atoms with E-state index in [-0.39, 0.29) is 6.03 Å². The Morgan fingerprint density at radius 3 is 2.69 bits per heavy atom. The van der Waals surface area contributed by atoms with Gasteiger partial charge in [0.05, 0.1) is 14.2 Å². The molecule has 1 saturated heterocycles. The van der Waals surface area contributed by atoms with Crippen molar-refractivity contribution < 1.29 is 14.3 Å². The van der Waals surface area contributed by atoms with Gasteiger partial charge >= 0.3 is 6.03 Å². The average Bonchev–Trinajstić information content (AvgIpc) is 2.79. The van der Waals surface area contributed by atoms with E-state index in [2.05, 4.69) is 17.1 Å². The zero-order chi connectivity index (χ0) is 22.9. The Bertz CT molecular complexity index is 892. The standard InChI is InChI=1S/C25H34ClN3O3/c1-19-8-4-5-13-28(19)14-7-15-29(25(30)27-22-10-6-9-21(26)17-22)18-20-11-12-23(31-2)24(16-20)32-3/h6,9-12,16-17,19H,4-5,7-8,13-15,18H2,1-3H3,(H,27,30). The van der Waals surface area contributed by atoms with Crippen molar-refractivity contribution in [2.75, 3.05) is 39.2 Å². The molecule has 6 nitrogen and oxygen atoms in total. The maximum Gasteiger partial charge on any atom is 0.322 e. The monoisotopic (exact) mass is 459 g/mol. The van der Waals surface area contributed by atoms with Crippen LogP contribution >= 0.6 is 11.6 Å². The van der Waals surface area contributed by atoms with Crippen LogP contribution in [0.3, 0.4) is 0 Å². The molecule has 174 valence electrons. The molecule has 1 aliphatic rings. The van der Waals surface area contributed by atoms with E-state index >= 15 is 0 Å². The van der Waals surface area contributed by atoms with Crippen LogP contribution in [0.2, 0.25) is 5.02 Å². The number of benzene rings is 2. The molecule has 1 unspecified atom stereocenters. The molecule has 32 heavy (non-hydrogen) atoms. The van der Waals surface area contributed by atoms with Crippen molar-refractivity contribution in [3.05, 3.63) is 53.1 Å². The van der Waals surface area contributed by atoms with E-state index in [9.17, 15) is 4.79 Å². The lowest BCUT2D eigenvalue weighted by molar-refractivity contribution is 0.150. The summed E-state index contributed by atoms with van der Waals surface area (Å²) in [6.07, 6.45) is 4.74. The van der Waals surface area contributed by atoms with E-state index in [0.29, 0.717) is 41.3 Å². The first-order chi connectivity index (χ1) is 15.5. The van der Waals surface area contributed by atoms with Gasteiger partial charge in [-0.1, -0.05) is 30.2 Å². The summed E-state index contributed by atoms with van der Waals surface area (Å²) >= 11 is 6.09. The van der Waals surface area contributed by atoms with Crippen molar-refractivity contribution in [1.29, 1.82) is 0 Å². The largest absolute Gasteiger partial charge is 0.493 e. The van der Waals surface area contributed by atoms with Gasteiger partial charge in [-0.3, -0.25) is 0 Å². The lowest BCUT2D eigenvalue weighted by Gasteiger charge is -2.34. The second-order valence-electron chi connectivity index (χ2n) is 8.29. The molecule has 1 N–H and O–H groups in total. The Balaban J connectivity index is 1.70. The Morgan fingerprint density at radius 1 is 1.16 bits per heavy atom. The predicted molar refractivity (Wildman–Crippen MR) is 130 cm³/mol. The molecule has 2 aromatic carbocycles. The van der Waals surface area contributed by atoms with E-state index in [1.54, 1.807) is 26.4 Å². The highest BCUT2D eigenvalue weighted by Crippen LogP contribution is 2.28. The molecule has 1 aliphatic heterocycles. The summed E-state index contributed by atoms with van der Waals surface area (Å²) in [7, 11) is 3.23. The number of amides is 2. The second-order valence-corrected chi connectivity index (χ2v) is 8.72. The number of ether oxygens (including phenoxy) is 2. The fraction of sp³-hybridized carbons (Fsp3) is 0.480. The Hall–Kier alpha value is -2.44. The van der Waals surface area contributed by atoms with E-state index in [1.807, 2.05) is 35.2 Å². The van der Waals surface area contributed by atoms with Crippen LogP contribution in [0.1, 0.15) is 38.2 Å². The Labute approximate surface area is 196 Å². The van der Waals surface area contributed by atoms with Crippen molar-refractivity contribution in [3.63, 3.8) is 0 Å². The highest BCUT2D eigenvalue weighted by atomic mass is 35.5. The van der Waals surface area contributed by atoms with E-state index in [0.717, 1.165) is 25.1 Å². The molecule has 2 aromatic rings. The third kappa shape index (κ3) is 6.78. The molecule has 2 amide bonds. The normalized spacial score (nSPS) is 16.4. The quantitative estimate of drug-likeness (QED) is 0.526. The number of methoxy groups -OCH3 is 2. The molecule has 1 fully saturated rings. The van der Waals surface area contributed by atoms with Crippen LogP contribution in [-0.2, 0) is 6.54 Å². The highest BCUT2D eigenvalue weighted by Gasteiger charge is 2.20. The zero-order valence-electron chi connectivity index (χ0n) is 19.3. The molecule has 0 radical (unpaired) electrons. The van der Waals surface area contributed by atoms with Gasteiger partial charge in [-0.25, -0.2) is 4.79 Å². The van der Waals surface area contributed by atoms with Crippen LogP contribution in [-0.4, -0.2) is 55.7 Å². The maximum atomic E-state index is 13.2. The van der Waals surface area contributed by atoms with Gasteiger partial charge in [0.2, 0.25) is 0 Å². The number of urea groups is 1. The topological polar surface area (TPSA) is 54.0 Å². The Morgan fingerprint density at radius 2 is 1.97 bits per heavy atom. The highest BCUT2D eigenvalue weighted by molar-refractivity contribution is 6.30. The van der Waals surface area contributed by atoms with Gasteiger partial charge in [-0.2, -0.15) is 0 Å². The lowest BCUT2D eigenvalue weighted by atomic mass is 10.0. The van der Waals surface area contributed by atoms with Gasteiger partial charge in [-0.05, 0) is 68.6 Å². The number of nitrogens with zero attached hydrogens (tertiary/aromatic N) is 2. The molecular weight excluding hydrogens is 426 g/mol. The van der Waals surface area contributed by atoms with Crippen molar-refractivity contribution in [3.8, 4) is 11.5 Å². The van der Waals surface area contributed by atoms with Gasteiger partial charge in [-0.15, -0.1) is 0 Å². The zero-order valence-corrected chi connectivity index (χ0v) is 20.0. The van der Waals surface area contributed by atoms with Crippen LogP contribution in [0.5, 0.6) is 11.5 Å². The van der Waals surface area contributed by atoms with Crippen LogP contribution in [0.15, 0.2) is 42.5 Å². The predicted octanol–water partition coefficient (Wildman–Crippen LogP) is 5.66. The summed E-state index contributed by atoms with van der Waals surface area (Å²) < 4.78 is 10.8. The summed E-state index contributed by atoms with van der Waals surface area (Å²) in [6, 6.07) is 13.4. The number of likely N-dealkylation sites (tertiary alicyclic amines) is 1. The van der Waals surface area contributed by atoms with Crippen LogP contribution in [0.25, 0.3) is 0 Å². The minimum absolute atomic E-state index is 0.145. The lowest BCUT2D eigenvalue weighted by Crippen LogP contribution is -2.40. The summed E-state index contributed by atoms with van der Waals surface area (Å²) in [5, 5.41) is 3.58. The third-order valence-electron chi connectivity index (χ3n) is 6.00. The van der Waals surface area contributed by atoms with Crippen LogP contribution in [0.4, 0.5) is 10.5 Å². The minimum atomic E-state index is -0.145. The molecule has 7 heteroatoms. The van der Waals surface area contributed by atoms with Gasteiger partial charge in [0, 0.05) is 36.4 Å². The number of hydrogen-bond acceptors (Lipinski definition) is 4. The fourth-order valence-corrected chi connectivity index (χ4v) is 4.37. The number of piperidine rings is 1. The third-order valence-corrected chi connectivity index (χ3v) is 6.23. The van der Waals surface area contributed by atoms with Crippen molar-refractivity contribution >= 4 is 23.3 Å². The first-order valence-electron chi connectivity index (χ1n) is 11.3. The number of rotatable bonds is 9. The summed E-state index contributed by atoms with van der Waals surface area (Å²) in [5.74, 6) is 1.33. The first kappa shape index (κ1) is 24.2.